The van der Waals surface area contributed by atoms with Gasteiger partial charge in [-0.25, -0.2) is 0 Å². The fourth-order valence-corrected chi connectivity index (χ4v) is 1.71. The van der Waals surface area contributed by atoms with Gasteiger partial charge in [0.15, 0.2) is 0 Å². The molecule has 1 unspecified atom stereocenters. The zero-order valence-corrected chi connectivity index (χ0v) is 11.1. The van der Waals surface area contributed by atoms with Gasteiger partial charge in [-0.2, -0.15) is 0 Å². The topological polar surface area (TPSA) is 29.3 Å². The molecule has 0 aliphatic carbocycles. The highest BCUT2D eigenvalue weighted by molar-refractivity contribution is 5.39. The lowest BCUT2D eigenvalue weighted by molar-refractivity contribution is 0.134. The molecule has 0 aliphatic rings. The normalized spacial score (nSPS) is 14.1. The molecule has 0 saturated carbocycles. The first-order valence-corrected chi connectivity index (χ1v) is 5.85. The Balaban J connectivity index is 2.64. The lowest BCUT2D eigenvalue weighted by Gasteiger charge is -2.35. The second-order valence-electron chi connectivity index (χ2n) is 5.70. The first-order chi connectivity index (χ1) is 7.30. The van der Waals surface area contributed by atoms with Gasteiger partial charge in [-0.1, -0.05) is 32.9 Å². The van der Waals surface area contributed by atoms with Crippen LogP contribution in [0.2, 0.25) is 0 Å². The third kappa shape index (κ3) is 3.53. The summed E-state index contributed by atoms with van der Waals surface area (Å²) in [4.78, 5) is 2.38. The zero-order chi connectivity index (χ0) is 12.3. The van der Waals surface area contributed by atoms with E-state index in [0.717, 1.165) is 12.2 Å². The SMILES string of the molecule is CC(N(C)Cc1ccc(N)cc1)C(C)(C)C. The van der Waals surface area contributed by atoms with Crippen molar-refractivity contribution in [3.63, 3.8) is 0 Å². The molecule has 16 heavy (non-hydrogen) atoms. The summed E-state index contributed by atoms with van der Waals surface area (Å²) in [6.45, 7) is 10.1. The number of rotatable bonds is 3. The second kappa shape index (κ2) is 4.88. The van der Waals surface area contributed by atoms with Crippen molar-refractivity contribution >= 4 is 5.69 Å². The lowest BCUT2D eigenvalue weighted by Crippen LogP contribution is -2.38. The van der Waals surface area contributed by atoms with Crippen LogP contribution in [0.5, 0.6) is 0 Å². The minimum atomic E-state index is 0.308. The molecular formula is C14H24N2. The van der Waals surface area contributed by atoms with E-state index in [0.29, 0.717) is 11.5 Å². The van der Waals surface area contributed by atoms with Crippen molar-refractivity contribution < 1.29 is 0 Å². The molecule has 2 heteroatoms. The molecule has 0 aliphatic heterocycles. The minimum absolute atomic E-state index is 0.308. The van der Waals surface area contributed by atoms with Crippen molar-refractivity contribution in [2.45, 2.75) is 40.3 Å². The van der Waals surface area contributed by atoms with E-state index in [1.165, 1.54) is 5.56 Å². The Morgan fingerprint density at radius 2 is 1.69 bits per heavy atom. The first-order valence-electron chi connectivity index (χ1n) is 5.85. The molecule has 0 saturated heterocycles. The number of nitrogens with zero attached hydrogens (tertiary/aromatic N) is 1. The van der Waals surface area contributed by atoms with Gasteiger partial charge in [0.25, 0.3) is 0 Å². The summed E-state index contributed by atoms with van der Waals surface area (Å²) >= 11 is 0. The maximum absolute atomic E-state index is 5.67. The molecule has 1 atom stereocenters. The summed E-state index contributed by atoms with van der Waals surface area (Å²) in [5.74, 6) is 0. The predicted octanol–water partition coefficient (Wildman–Crippen LogP) is 3.14. The van der Waals surface area contributed by atoms with Gasteiger partial charge in [0, 0.05) is 18.3 Å². The van der Waals surface area contributed by atoms with Gasteiger partial charge in [-0.3, -0.25) is 4.90 Å². The van der Waals surface area contributed by atoms with Crippen LogP contribution in [-0.4, -0.2) is 18.0 Å². The number of hydrogen-bond donors (Lipinski definition) is 1. The van der Waals surface area contributed by atoms with E-state index in [9.17, 15) is 0 Å². The summed E-state index contributed by atoms with van der Waals surface area (Å²) < 4.78 is 0. The van der Waals surface area contributed by atoms with E-state index in [-0.39, 0.29) is 0 Å². The highest BCUT2D eigenvalue weighted by atomic mass is 15.1. The van der Waals surface area contributed by atoms with Crippen LogP contribution in [0.3, 0.4) is 0 Å². The molecule has 0 aromatic heterocycles. The van der Waals surface area contributed by atoms with Gasteiger partial charge in [-0.05, 0) is 37.1 Å². The van der Waals surface area contributed by atoms with Crippen LogP contribution in [0.1, 0.15) is 33.3 Å². The second-order valence-corrected chi connectivity index (χ2v) is 5.70. The molecule has 2 N–H and O–H groups in total. The maximum atomic E-state index is 5.67. The Kier molecular flexibility index (Phi) is 3.98. The Morgan fingerprint density at radius 3 is 2.12 bits per heavy atom. The van der Waals surface area contributed by atoms with E-state index in [1.54, 1.807) is 0 Å². The van der Waals surface area contributed by atoms with Gasteiger partial charge in [0.2, 0.25) is 0 Å². The Labute approximate surface area is 99.5 Å². The quantitative estimate of drug-likeness (QED) is 0.793. The summed E-state index contributed by atoms with van der Waals surface area (Å²) in [5.41, 5.74) is 8.12. The van der Waals surface area contributed by atoms with E-state index in [1.807, 2.05) is 12.1 Å². The van der Waals surface area contributed by atoms with Crippen LogP contribution < -0.4 is 5.73 Å². The molecule has 1 rings (SSSR count). The Bertz CT molecular complexity index is 322. The lowest BCUT2D eigenvalue weighted by atomic mass is 9.87. The number of benzene rings is 1. The van der Waals surface area contributed by atoms with Crippen LogP contribution in [0.25, 0.3) is 0 Å². The first kappa shape index (κ1) is 13.0. The molecule has 0 heterocycles. The van der Waals surface area contributed by atoms with Gasteiger partial charge in [0.05, 0.1) is 0 Å². The number of anilines is 1. The summed E-state index contributed by atoms with van der Waals surface area (Å²) in [7, 11) is 2.17. The van der Waals surface area contributed by atoms with Gasteiger partial charge >= 0.3 is 0 Å². The van der Waals surface area contributed by atoms with Crippen molar-refractivity contribution in [3.05, 3.63) is 29.8 Å². The average Bonchev–Trinajstić information content (AvgIpc) is 2.19. The fraction of sp³-hybridized carbons (Fsp3) is 0.571. The van der Waals surface area contributed by atoms with Crippen LogP contribution in [0.4, 0.5) is 5.69 Å². The molecule has 1 aromatic rings. The molecule has 0 fully saturated rings. The standard InChI is InChI=1S/C14H24N2/c1-11(14(2,3)4)16(5)10-12-6-8-13(15)9-7-12/h6-9,11H,10,15H2,1-5H3. The van der Waals surface area contributed by atoms with E-state index < -0.39 is 0 Å². The smallest absolute Gasteiger partial charge is 0.0314 e. The van der Waals surface area contributed by atoms with Crippen molar-refractivity contribution in [1.29, 1.82) is 0 Å². The van der Waals surface area contributed by atoms with Crippen molar-refractivity contribution in [3.8, 4) is 0 Å². The van der Waals surface area contributed by atoms with Crippen LogP contribution in [0, 0.1) is 5.41 Å². The minimum Gasteiger partial charge on any atom is -0.399 e. The third-order valence-corrected chi connectivity index (χ3v) is 3.33. The summed E-state index contributed by atoms with van der Waals surface area (Å²) in [5, 5.41) is 0. The molecule has 1 aromatic carbocycles. The van der Waals surface area contributed by atoms with Crippen molar-refractivity contribution in [2.75, 3.05) is 12.8 Å². The van der Waals surface area contributed by atoms with Gasteiger partial charge < -0.3 is 5.73 Å². The molecule has 0 radical (unpaired) electrons. The Hall–Kier alpha value is -1.02. The van der Waals surface area contributed by atoms with Crippen LogP contribution in [-0.2, 0) is 6.54 Å². The number of nitrogens with two attached hydrogens (primary N) is 1. The number of nitrogen functional groups attached to an aromatic ring is 1. The fourth-order valence-electron chi connectivity index (χ4n) is 1.71. The van der Waals surface area contributed by atoms with E-state index >= 15 is 0 Å². The molecule has 0 bridgehead atoms. The predicted molar refractivity (Wildman–Crippen MR) is 71.2 cm³/mol. The molecular weight excluding hydrogens is 196 g/mol. The highest BCUT2D eigenvalue weighted by Crippen LogP contribution is 2.24. The molecule has 0 amide bonds. The molecule has 2 nitrogen and oxygen atoms in total. The highest BCUT2D eigenvalue weighted by Gasteiger charge is 2.23. The Morgan fingerprint density at radius 1 is 1.19 bits per heavy atom. The van der Waals surface area contributed by atoms with Crippen LogP contribution >= 0.6 is 0 Å². The largest absolute Gasteiger partial charge is 0.399 e. The average molecular weight is 220 g/mol. The van der Waals surface area contributed by atoms with Crippen molar-refractivity contribution in [2.24, 2.45) is 5.41 Å². The summed E-state index contributed by atoms with van der Waals surface area (Å²) in [6.07, 6.45) is 0. The summed E-state index contributed by atoms with van der Waals surface area (Å²) in [6, 6.07) is 8.67. The van der Waals surface area contributed by atoms with Crippen molar-refractivity contribution in [1.82, 2.24) is 4.90 Å². The van der Waals surface area contributed by atoms with Crippen LogP contribution in [0.15, 0.2) is 24.3 Å². The van der Waals surface area contributed by atoms with Gasteiger partial charge in [-0.15, -0.1) is 0 Å². The van der Waals surface area contributed by atoms with Gasteiger partial charge in [0.1, 0.15) is 0 Å². The molecule has 0 spiro atoms. The monoisotopic (exact) mass is 220 g/mol. The maximum Gasteiger partial charge on any atom is 0.0314 e. The molecule has 90 valence electrons. The zero-order valence-electron chi connectivity index (χ0n) is 11.1. The number of hydrogen-bond acceptors (Lipinski definition) is 2. The van der Waals surface area contributed by atoms with E-state index in [4.69, 9.17) is 5.73 Å². The third-order valence-electron chi connectivity index (χ3n) is 3.33. The van der Waals surface area contributed by atoms with E-state index in [2.05, 4.69) is 51.8 Å².